The van der Waals surface area contributed by atoms with Gasteiger partial charge in [0.2, 0.25) is 0 Å². The molecule has 32 heavy (non-hydrogen) atoms. The van der Waals surface area contributed by atoms with E-state index in [-0.39, 0.29) is 24.5 Å². The number of pyridine rings is 1. The number of ketones is 1. The van der Waals surface area contributed by atoms with E-state index in [4.69, 9.17) is 0 Å². The number of aromatic nitrogens is 3. The Morgan fingerprint density at radius 2 is 1.81 bits per heavy atom. The molecule has 1 fully saturated rings. The third-order valence-electron chi connectivity index (χ3n) is 6.05. The average Bonchev–Trinajstić information content (AvgIpc) is 2.99. The molecule has 11 heteroatoms. The van der Waals surface area contributed by atoms with Gasteiger partial charge in [0.05, 0.1) is 0 Å². The maximum atomic E-state index is 13.1. The number of aliphatic hydroxyl groups is 1. The molecule has 3 rings (SSSR count). The molecule has 1 aliphatic carbocycles. The second-order valence-corrected chi connectivity index (χ2v) is 8.33. The van der Waals surface area contributed by atoms with Gasteiger partial charge in [-0.15, -0.1) is 0 Å². The van der Waals surface area contributed by atoms with Crippen LogP contribution in [0.5, 0.6) is 0 Å². The molecule has 0 amide bonds. The molecular weight excluding hydrogens is 440 g/mol. The summed E-state index contributed by atoms with van der Waals surface area (Å²) in [5, 5.41) is 9.71. The van der Waals surface area contributed by atoms with Gasteiger partial charge in [-0.05, 0) is 50.7 Å². The molecule has 1 saturated carbocycles. The van der Waals surface area contributed by atoms with Crippen molar-refractivity contribution in [2.45, 2.75) is 88.7 Å². The first-order valence-electron chi connectivity index (χ1n) is 10.6. The van der Waals surface area contributed by atoms with E-state index >= 15 is 0 Å². The number of halogens is 6. The monoisotopic (exact) mass is 465 g/mol. The lowest BCUT2D eigenvalue weighted by Gasteiger charge is -2.29. The third kappa shape index (κ3) is 5.07. The second kappa shape index (κ2) is 8.99. The minimum atomic E-state index is -4.88. The Labute approximate surface area is 180 Å². The van der Waals surface area contributed by atoms with E-state index < -0.39 is 42.3 Å². The number of hydrogen-bond donors (Lipinski definition) is 1. The van der Waals surface area contributed by atoms with Crippen LogP contribution in [0.1, 0.15) is 75.9 Å². The van der Waals surface area contributed by atoms with Crippen molar-refractivity contribution in [1.82, 2.24) is 14.5 Å². The highest BCUT2D eigenvalue weighted by atomic mass is 19.4. The van der Waals surface area contributed by atoms with Gasteiger partial charge in [0.15, 0.2) is 11.2 Å². The molecular formula is C21H25F6N3O2. The summed E-state index contributed by atoms with van der Waals surface area (Å²) in [6, 6.07) is 2.19. The number of carbonyl (C=O) groups is 1. The first-order valence-corrected chi connectivity index (χ1v) is 10.6. The molecule has 2 heterocycles. The van der Waals surface area contributed by atoms with Crippen molar-refractivity contribution in [2.24, 2.45) is 0 Å². The van der Waals surface area contributed by atoms with Crippen LogP contribution in [0, 0.1) is 0 Å². The van der Waals surface area contributed by atoms with E-state index in [1.54, 1.807) is 4.57 Å². The fourth-order valence-corrected chi connectivity index (χ4v) is 3.83. The molecule has 5 nitrogen and oxygen atoms in total. The molecule has 0 aromatic carbocycles. The fraction of sp³-hybridized carbons (Fsp3) is 0.667. The number of imidazole rings is 1. The molecule has 1 atom stereocenters. The van der Waals surface area contributed by atoms with Crippen LogP contribution in [0.25, 0.3) is 11.2 Å². The van der Waals surface area contributed by atoms with Crippen molar-refractivity contribution in [3.8, 4) is 0 Å². The van der Waals surface area contributed by atoms with Crippen molar-refractivity contribution in [1.29, 1.82) is 0 Å². The van der Waals surface area contributed by atoms with Gasteiger partial charge < -0.3 is 9.67 Å². The SMILES string of the molecule is CCC(O)(CC(=O)CCCCc1nc2ccc(C(F)(F)F)nc2n1C1CCC1)C(F)(F)F. The Bertz CT molecular complexity index is 965. The highest BCUT2D eigenvalue weighted by Gasteiger charge is 2.53. The summed E-state index contributed by atoms with van der Waals surface area (Å²) in [7, 11) is 0. The minimum Gasteiger partial charge on any atom is -0.380 e. The van der Waals surface area contributed by atoms with Crippen molar-refractivity contribution in [3.63, 3.8) is 0 Å². The highest BCUT2D eigenvalue weighted by Crippen LogP contribution is 2.38. The Kier molecular flexibility index (Phi) is 6.88. The molecule has 0 spiro atoms. The van der Waals surface area contributed by atoms with Gasteiger partial charge in [-0.25, -0.2) is 9.97 Å². The zero-order valence-electron chi connectivity index (χ0n) is 17.6. The summed E-state index contributed by atoms with van der Waals surface area (Å²) in [5.41, 5.74) is -3.48. The summed E-state index contributed by atoms with van der Waals surface area (Å²) < 4.78 is 79.8. The summed E-state index contributed by atoms with van der Waals surface area (Å²) in [5.74, 6) is -0.125. The van der Waals surface area contributed by atoms with Crippen LogP contribution in [0.15, 0.2) is 12.1 Å². The molecule has 1 N–H and O–H groups in total. The van der Waals surface area contributed by atoms with Gasteiger partial charge in [-0.2, -0.15) is 26.3 Å². The van der Waals surface area contributed by atoms with Gasteiger partial charge in [0.1, 0.15) is 22.8 Å². The average molecular weight is 465 g/mol. The Balaban J connectivity index is 1.67. The summed E-state index contributed by atoms with van der Waals surface area (Å²) in [6.07, 6.45) is -7.54. The normalized spacial score (nSPS) is 17.4. The molecule has 0 saturated heterocycles. The fourth-order valence-electron chi connectivity index (χ4n) is 3.83. The van der Waals surface area contributed by atoms with E-state index in [0.29, 0.717) is 24.2 Å². The maximum absolute atomic E-state index is 13.1. The number of alkyl halides is 6. The van der Waals surface area contributed by atoms with Crippen molar-refractivity contribution >= 4 is 16.9 Å². The number of fused-ring (bicyclic) bond motifs is 1. The quantitative estimate of drug-likeness (QED) is 0.390. The number of nitrogens with zero attached hydrogens (tertiary/aromatic N) is 3. The Hall–Kier alpha value is -2.17. The van der Waals surface area contributed by atoms with Crippen molar-refractivity contribution < 1.29 is 36.2 Å². The zero-order valence-corrected chi connectivity index (χ0v) is 17.6. The van der Waals surface area contributed by atoms with E-state index in [2.05, 4.69) is 9.97 Å². The molecule has 0 aliphatic heterocycles. The first kappa shape index (κ1) is 24.5. The number of hydrogen-bond acceptors (Lipinski definition) is 4. The predicted octanol–water partition coefficient (Wildman–Crippen LogP) is 5.55. The molecule has 178 valence electrons. The number of unbranched alkanes of at least 4 members (excludes halogenated alkanes) is 1. The van der Waals surface area contributed by atoms with Gasteiger partial charge in [0, 0.05) is 25.3 Å². The summed E-state index contributed by atoms with van der Waals surface area (Å²) in [4.78, 5) is 20.2. The maximum Gasteiger partial charge on any atom is 0.433 e. The largest absolute Gasteiger partial charge is 0.433 e. The molecule has 2 aromatic heterocycles. The van der Waals surface area contributed by atoms with E-state index in [9.17, 15) is 36.2 Å². The first-order chi connectivity index (χ1) is 14.9. The van der Waals surface area contributed by atoms with Crippen LogP contribution in [-0.2, 0) is 17.4 Å². The van der Waals surface area contributed by atoms with Crippen LogP contribution < -0.4 is 0 Å². The Morgan fingerprint density at radius 1 is 1.12 bits per heavy atom. The van der Waals surface area contributed by atoms with Crippen LogP contribution in [0.4, 0.5) is 26.3 Å². The standard InChI is InChI=1S/C21H25F6N3O2/c1-2-19(32,21(25,26)27)12-14(31)8-3-4-9-17-28-15-10-11-16(20(22,23)24)29-18(15)30(17)13-6-5-7-13/h10-11,13,32H,2-9,12H2,1H3. The van der Waals surface area contributed by atoms with E-state index in [1.807, 2.05) is 0 Å². The highest BCUT2D eigenvalue weighted by molar-refractivity contribution is 5.79. The predicted molar refractivity (Wildman–Crippen MR) is 104 cm³/mol. The van der Waals surface area contributed by atoms with Crippen molar-refractivity contribution in [3.05, 3.63) is 23.7 Å². The van der Waals surface area contributed by atoms with E-state index in [0.717, 1.165) is 25.3 Å². The minimum absolute atomic E-state index is 0.0129. The lowest BCUT2D eigenvalue weighted by Crippen LogP contribution is -2.46. The van der Waals surface area contributed by atoms with Crippen LogP contribution in [0.3, 0.4) is 0 Å². The number of rotatable bonds is 9. The lowest BCUT2D eigenvalue weighted by molar-refractivity contribution is -0.261. The van der Waals surface area contributed by atoms with Crippen LogP contribution >= 0.6 is 0 Å². The van der Waals surface area contributed by atoms with Gasteiger partial charge >= 0.3 is 12.4 Å². The summed E-state index contributed by atoms with van der Waals surface area (Å²) in [6.45, 7) is 1.17. The van der Waals surface area contributed by atoms with Gasteiger partial charge in [-0.3, -0.25) is 4.79 Å². The summed E-state index contributed by atoms with van der Waals surface area (Å²) >= 11 is 0. The van der Waals surface area contributed by atoms with Crippen LogP contribution in [0.2, 0.25) is 0 Å². The zero-order chi connectivity index (χ0) is 23.7. The van der Waals surface area contributed by atoms with Crippen LogP contribution in [-0.4, -0.2) is 37.2 Å². The number of aryl methyl sites for hydroxylation is 1. The molecule has 0 radical (unpaired) electrons. The van der Waals surface area contributed by atoms with Gasteiger partial charge in [0.25, 0.3) is 0 Å². The third-order valence-corrected chi connectivity index (χ3v) is 6.05. The number of Topliss-reactive ketones (excluding diaryl/α,β-unsaturated/α-hetero) is 1. The molecule has 1 aliphatic rings. The topological polar surface area (TPSA) is 68.0 Å². The lowest BCUT2D eigenvalue weighted by atomic mass is 9.91. The second-order valence-electron chi connectivity index (χ2n) is 8.33. The smallest absolute Gasteiger partial charge is 0.380 e. The van der Waals surface area contributed by atoms with Crippen molar-refractivity contribution in [2.75, 3.05) is 0 Å². The van der Waals surface area contributed by atoms with E-state index in [1.165, 1.54) is 13.0 Å². The molecule has 2 aromatic rings. The Morgan fingerprint density at radius 3 is 2.34 bits per heavy atom. The number of carbonyl (C=O) groups excluding carboxylic acids is 1. The molecule has 0 bridgehead atoms. The molecule has 1 unspecified atom stereocenters. The van der Waals surface area contributed by atoms with Gasteiger partial charge in [-0.1, -0.05) is 6.92 Å².